The average Bonchev–Trinajstić information content (AvgIpc) is 2.99. The maximum atomic E-state index is 13.0. The van der Waals surface area contributed by atoms with E-state index < -0.39 is 0 Å². The Morgan fingerprint density at radius 1 is 1.23 bits per heavy atom. The number of likely N-dealkylation sites (tertiary alicyclic amines) is 1. The maximum Gasteiger partial charge on any atom is 0.227 e. The van der Waals surface area contributed by atoms with Crippen LogP contribution in [0, 0.1) is 12.7 Å². The Kier molecular flexibility index (Phi) is 4.23. The lowest BCUT2D eigenvalue weighted by Crippen LogP contribution is -2.31. The van der Waals surface area contributed by atoms with E-state index >= 15 is 0 Å². The minimum Gasteiger partial charge on any atom is -0.335 e. The highest BCUT2D eigenvalue weighted by atomic mass is 19.1. The summed E-state index contributed by atoms with van der Waals surface area (Å²) in [5.41, 5.74) is 3.29. The number of nitrogens with zero attached hydrogens (tertiary/aromatic N) is 1. The number of benzene rings is 2. The van der Waals surface area contributed by atoms with E-state index in [1.165, 1.54) is 23.3 Å². The quantitative estimate of drug-likeness (QED) is 0.837. The molecule has 3 heteroatoms. The molecule has 1 atom stereocenters. The van der Waals surface area contributed by atoms with Gasteiger partial charge in [-0.15, -0.1) is 0 Å². The molecule has 114 valence electrons. The molecule has 0 saturated carbocycles. The van der Waals surface area contributed by atoms with Crippen LogP contribution in [0.25, 0.3) is 0 Å². The molecule has 1 saturated heterocycles. The van der Waals surface area contributed by atoms with Gasteiger partial charge in [0.25, 0.3) is 0 Å². The van der Waals surface area contributed by atoms with E-state index in [0.717, 1.165) is 24.9 Å². The molecule has 0 aromatic heterocycles. The molecule has 0 bridgehead atoms. The van der Waals surface area contributed by atoms with Gasteiger partial charge in [0.2, 0.25) is 5.91 Å². The van der Waals surface area contributed by atoms with Crippen molar-refractivity contribution >= 4 is 5.91 Å². The zero-order valence-corrected chi connectivity index (χ0v) is 12.8. The first-order valence-electron chi connectivity index (χ1n) is 7.74. The molecule has 1 amide bonds. The molecule has 0 spiro atoms. The fourth-order valence-corrected chi connectivity index (χ4v) is 3.17. The van der Waals surface area contributed by atoms with Gasteiger partial charge in [-0.2, -0.15) is 0 Å². The van der Waals surface area contributed by atoms with Crippen LogP contribution in [0.2, 0.25) is 0 Å². The Labute approximate surface area is 130 Å². The third-order valence-corrected chi connectivity index (χ3v) is 4.27. The molecule has 2 nitrogen and oxygen atoms in total. The lowest BCUT2D eigenvalue weighted by Gasteiger charge is -2.25. The second-order valence-corrected chi connectivity index (χ2v) is 5.96. The number of carbonyl (C=O) groups is 1. The highest BCUT2D eigenvalue weighted by Crippen LogP contribution is 2.32. The van der Waals surface area contributed by atoms with Crippen LogP contribution in [-0.4, -0.2) is 17.4 Å². The summed E-state index contributed by atoms with van der Waals surface area (Å²) in [5.74, 6) is -0.148. The van der Waals surface area contributed by atoms with Crippen LogP contribution in [0.3, 0.4) is 0 Å². The Morgan fingerprint density at radius 3 is 2.73 bits per heavy atom. The normalized spacial score (nSPS) is 17.7. The Balaban J connectivity index is 1.75. The maximum absolute atomic E-state index is 13.0. The fourth-order valence-electron chi connectivity index (χ4n) is 3.17. The molecular formula is C19H20FNO. The van der Waals surface area contributed by atoms with Crippen molar-refractivity contribution in [3.8, 4) is 0 Å². The first-order valence-corrected chi connectivity index (χ1v) is 7.74. The van der Waals surface area contributed by atoms with Crippen LogP contribution in [0.1, 0.15) is 35.6 Å². The number of halogens is 1. The van der Waals surface area contributed by atoms with Gasteiger partial charge >= 0.3 is 0 Å². The van der Waals surface area contributed by atoms with Gasteiger partial charge in [0, 0.05) is 6.54 Å². The van der Waals surface area contributed by atoms with Gasteiger partial charge in [-0.05, 0) is 43.0 Å². The lowest BCUT2D eigenvalue weighted by molar-refractivity contribution is -0.131. The summed E-state index contributed by atoms with van der Waals surface area (Å²) in [6.45, 7) is 2.88. The summed E-state index contributed by atoms with van der Waals surface area (Å²) >= 11 is 0. The van der Waals surface area contributed by atoms with E-state index in [9.17, 15) is 9.18 Å². The number of amides is 1. The number of aryl methyl sites for hydroxylation is 1. The predicted octanol–water partition coefficient (Wildman–Crippen LogP) is 4.04. The third-order valence-electron chi connectivity index (χ3n) is 4.27. The molecule has 22 heavy (non-hydrogen) atoms. The zero-order valence-electron chi connectivity index (χ0n) is 12.8. The standard InChI is InChI=1S/C19H20FNO/c1-14-4-2-5-16(12-14)18-6-3-11-21(18)19(22)13-15-7-9-17(20)10-8-15/h2,4-5,7-10,12,18H,3,6,11,13H2,1H3. The molecular weight excluding hydrogens is 277 g/mol. The van der Waals surface area contributed by atoms with Gasteiger partial charge in [0.05, 0.1) is 12.5 Å². The summed E-state index contributed by atoms with van der Waals surface area (Å²) in [5, 5.41) is 0. The van der Waals surface area contributed by atoms with Gasteiger partial charge in [0.1, 0.15) is 5.82 Å². The SMILES string of the molecule is Cc1cccc(C2CCCN2C(=O)Cc2ccc(F)cc2)c1. The minimum atomic E-state index is -0.269. The minimum absolute atomic E-state index is 0.121. The van der Waals surface area contributed by atoms with Crippen molar-refractivity contribution in [2.24, 2.45) is 0 Å². The van der Waals surface area contributed by atoms with Crippen LogP contribution in [0.4, 0.5) is 4.39 Å². The number of hydrogen-bond donors (Lipinski definition) is 0. The van der Waals surface area contributed by atoms with Gasteiger partial charge < -0.3 is 4.90 Å². The highest BCUT2D eigenvalue weighted by molar-refractivity contribution is 5.79. The second-order valence-electron chi connectivity index (χ2n) is 5.96. The average molecular weight is 297 g/mol. The van der Waals surface area contributed by atoms with E-state index in [1.807, 2.05) is 11.0 Å². The summed E-state index contributed by atoms with van der Waals surface area (Å²) in [7, 11) is 0. The predicted molar refractivity (Wildman–Crippen MR) is 85.0 cm³/mol. The van der Waals surface area contributed by atoms with Crippen molar-refractivity contribution in [2.75, 3.05) is 6.54 Å². The first kappa shape index (κ1) is 14.8. The third kappa shape index (κ3) is 3.19. The van der Waals surface area contributed by atoms with Gasteiger partial charge in [-0.1, -0.05) is 42.0 Å². The molecule has 3 rings (SSSR count). The van der Waals surface area contributed by atoms with Crippen molar-refractivity contribution in [1.82, 2.24) is 4.90 Å². The van der Waals surface area contributed by atoms with Gasteiger partial charge in [-0.3, -0.25) is 4.79 Å². The molecule has 0 N–H and O–H groups in total. The van der Waals surface area contributed by atoms with Crippen molar-refractivity contribution in [3.05, 3.63) is 71.0 Å². The van der Waals surface area contributed by atoms with Gasteiger partial charge in [-0.25, -0.2) is 4.39 Å². The van der Waals surface area contributed by atoms with Crippen LogP contribution < -0.4 is 0 Å². The van der Waals surface area contributed by atoms with E-state index in [0.29, 0.717) is 6.42 Å². The zero-order chi connectivity index (χ0) is 15.5. The van der Waals surface area contributed by atoms with E-state index in [1.54, 1.807) is 12.1 Å². The summed E-state index contributed by atoms with van der Waals surface area (Å²) < 4.78 is 13.0. The van der Waals surface area contributed by atoms with Crippen LogP contribution >= 0.6 is 0 Å². The molecule has 0 aliphatic carbocycles. The second kappa shape index (κ2) is 6.30. The highest BCUT2D eigenvalue weighted by Gasteiger charge is 2.29. The summed E-state index contributed by atoms with van der Waals surface area (Å²) in [4.78, 5) is 14.6. The largest absolute Gasteiger partial charge is 0.335 e. The van der Waals surface area contributed by atoms with Crippen LogP contribution in [-0.2, 0) is 11.2 Å². The van der Waals surface area contributed by atoms with E-state index in [2.05, 4.69) is 25.1 Å². The molecule has 0 radical (unpaired) electrons. The van der Waals surface area contributed by atoms with E-state index in [4.69, 9.17) is 0 Å². The lowest BCUT2D eigenvalue weighted by atomic mass is 10.0. The van der Waals surface area contributed by atoms with Crippen LogP contribution in [0.5, 0.6) is 0 Å². The monoisotopic (exact) mass is 297 g/mol. The van der Waals surface area contributed by atoms with E-state index in [-0.39, 0.29) is 17.8 Å². The van der Waals surface area contributed by atoms with Crippen molar-refractivity contribution in [3.63, 3.8) is 0 Å². The van der Waals surface area contributed by atoms with Crippen molar-refractivity contribution in [1.29, 1.82) is 0 Å². The van der Waals surface area contributed by atoms with Crippen LogP contribution in [0.15, 0.2) is 48.5 Å². The molecule has 1 aliphatic rings. The summed E-state index contributed by atoms with van der Waals surface area (Å²) in [6.07, 6.45) is 2.38. The van der Waals surface area contributed by atoms with Gasteiger partial charge in [0.15, 0.2) is 0 Å². The molecule has 1 heterocycles. The first-order chi connectivity index (χ1) is 10.6. The Bertz CT molecular complexity index is 665. The molecule has 2 aromatic carbocycles. The summed E-state index contributed by atoms with van der Waals surface area (Å²) in [6, 6.07) is 14.7. The number of rotatable bonds is 3. The fraction of sp³-hybridized carbons (Fsp3) is 0.316. The number of hydrogen-bond acceptors (Lipinski definition) is 1. The smallest absolute Gasteiger partial charge is 0.227 e. The molecule has 1 fully saturated rings. The Hall–Kier alpha value is -2.16. The van der Waals surface area contributed by atoms with Crippen molar-refractivity contribution < 1.29 is 9.18 Å². The van der Waals surface area contributed by atoms with Crippen molar-refractivity contribution in [2.45, 2.75) is 32.2 Å². The number of carbonyl (C=O) groups excluding carboxylic acids is 1. The molecule has 1 unspecified atom stereocenters. The molecule has 1 aliphatic heterocycles. The Morgan fingerprint density at radius 2 is 2.00 bits per heavy atom. The molecule has 2 aromatic rings. The topological polar surface area (TPSA) is 20.3 Å².